The lowest BCUT2D eigenvalue weighted by atomic mass is 10.2. The van der Waals surface area contributed by atoms with Crippen LogP contribution in [0.1, 0.15) is 32.6 Å². The largest absolute Gasteiger partial charge is 0.380 e. The molecular formula is C16H25N3O5S. The molecule has 0 saturated carbocycles. The molecule has 25 heavy (non-hydrogen) atoms. The molecule has 1 saturated heterocycles. The predicted molar refractivity (Wildman–Crippen MR) is 95.3 cm³/mol. The first kappa shape index (κ1) is 19.6. The molecule has 9 heteroatoms. The van der Waals surface area contributed by atoms with E-state index in [0.717, 1.165) is 31.7 Å². The number of anilines is 1. The highest BCUT2D eigenvalue weighted by Gasteiger charge is 2.28. The number of hydrogen-bond donors (Lipinski definition) is 1. The fourth-order valence-corrected chi connectivity index (χ4v) is 4.28. The Morgan fingerprint density at radius 2 is 1.92 bits per heavy atom. The number of sulfonamides is 1. The van der Waals surface area contributed by atoms with Crippen LogP contribution in [0.25, 0.3) is 0 Å². The molecule has 0 radical (unpaired) electrons. The number of nitrogens with one attached hydrogen (secondary N) is 1. The minimum atomic E-state index is -3.72. The molecule has 1 N–H and O–H groups in total. The Labute approximate surface area is 148 Å². The number of nitro benzene ring substituents is 1. The first-order valence-corrected chi connectivity index (χ1v) is 9.85. The molecule has 0 aromatic heterocycles. The van der Waals surface area contributed by atoms with E-state index in [-0.39, 0.29) is 22.4 Å². The number of hydrogen-bond acceptors (Lipinski definition) is 6. The van der Waals surface area contributed by atoms with Crippen molar-refractivity contribution < 1.29 is 18.1 Å². The summed E-state index contributed by atoms with van der Waals surface area (Å²) < 4.78 is 32.1. The number of nitrogens with zero attached hydrogens (tertiary/aromatic N) is 2. The molecule has 0 bridgehead atoms. The van der Waals surface area contributed by atoms with E-state index in [4.69, 9.17) is 4.74 Å². The number of ether oxygens (including phenoxy) is 1. The Hall–Kier alpha value is -1.71. The highest BCUT2D eigenvalue weighted by atomic mass is 32.2. The molecule has 1 aromatic carbocycles. The van der Waals surface area contributed by atoms with Gasteiger partial charge in [-0.05, 0) is 31.9 Å². The van der Waals surface area contributed by atoms with Crippen molar-refractivity contribution in [2.75, 3.05) is 32.1 Å². The number of rotatable bonds is 7. The van der Waals surface area contributed by atoms with Crippen LogP contribution in [0.4, 0.5) is 11.4 Å². The minimum absolute atomic E-state index is 0.0357. The van der Waals surface area contributed by atoms with Gasteiger partial charge in [-0.25, -0.2) is 8.42 Å². The molecule has 1 unspecified atom stereocenters. The Kier molecular flexibility index (Phi) is 6.74. The zero-order chi connectivity index (χ0) is 18.4. The fraction of sp³-hybridized carbons (Fsp3) is 0.625. The third-order valence-electron chi connectivity index (χ3n) is 4.35. The molecule has 8 nitrogen and oxygen atoms in total. The van der Waals surface area contributed by atoms with Gasteiger partial charge in [-0.2, -0.15) is 4.31 Å². The normalized spacial score (nSPS) is 17.7. The van der Waals surface area contributed by atoms with Gasteiger partial charge in [0, 0.05) is 32.8 Å². The van der Waals surface area contributed by atoms with Crippen molar-refractivity contribution in [1.29, 1.82) is 0 Å². The van der Waals surface area contributed by atoms with Crippen molar-refractivity contribution in [3.63, 3.8) is 0 Å². The fourth-order valence-electron chi connectivity index (χ4n) is 2.74. The van der Waals surface area contributed by atoms with Crippen molar-refractivity contribution in [2.24, 2.45) is 0 Å². The highest BCUT2D eigenvalue weighted by Crippen LogP contribution is 2.29. The third-order valence-corrected chi connectivity index (χ3v) is 6.25. The second-order valence-electron chi connectivity index (χ2n) is 6.18. The van der Waals surface area contributed by atoms with Crippen LogP contribution in [0, 0.1) is 10.1 Å². The van der Waals surface area contributed by atoms with Gasteiger partial charge < -0.3 is 10.1 Å². The minimum Gasteiger partial charge on any atom is -0.380 e. The second kappa shape index (κ2) is 8.59. The Balaban J connectivity index is 2.29. The zero-order valence-corrected chi connectivity index (χ0v) is 15.4. The Bertz CT molecular complexity index is 700. The van der Waals surface area contributed by atoms with E-state index < -0.39 is 14.9 Å². The standard InChI is InChI=1S/C16H25N3O5S/c1-13(24-2)12-17-15-8-7-14(11-16(15)19(20)21)25(22,23)18-9-5-3-4-6-10-18/h7-8,11,13,17H,3-6,9-10,12H2,1-2H3. The van der Waals surface area contributed by atoms with Gasteiger partial charge >= 0.3 is 0 Å². The van der Waals surface area contributed by atoms with Crippen LogP contribution >= 0.6 is 0 Å². The van der Waals surface area contributed by atoms with Crippen LogP contribution < -0.4 is 5.32 Å². The smallest absolute Gasteiger partial charge is 0.293 e. The van der Waals surface area contributed by atoms with Crippen molar-refractivity contribution in [3.8, 4) is 0 Å². The first-order chi connectivity index (χ1) is 11.9. The van der Waals surface area contributed by atoms with Crippen LogP contribution in [0.15, 0.2) is 23.1 Å². The topological polar surface area (TPSA) is 102 Å². The summed E-state index contributed by atoms with van der Waals surface area (Å²) in [5.74, 6) is 0. The Morgan fingerprint density at radius 3 is 2.48 bits per heavy atom. The Morgan fingerprint density at radius 1 is 1.28 bits per heavy atom. The van der Waals surface area contributed by atoms with Gasteiger partial charge in [0.1, 0.15) is 5.69 Å². The maximum atomic E-state index is 12.8. The van der Waals surface area contributed by atoms with Gasteiger partial charge in [0.15, 0.2) is 0 Å². The molecule has 1 atom stereocenters. The van der Waals surface area contributed by atoms with E-state index >= 15 is 0 Å². The van der Waals surface area contributed by atoms with Crippen molar-refractivity contribution >= 4 is 21.4 Å². The lowest BCUT2D eigenvalue weighted by Crippen LogP contribution is -2.32. The zero-order valence-electron chi connectivity index (χ0n) is 14.6. The summed E-state index contributed by atoms with van der Waals surface area (Å²) in [7, 11) is -2.16. The predicted octanol–water partition coefficient (Wildman–Crippen LogP) is 2.61. The number of nitro groups is 1. The van der Waals surface area contributed by atoms with Crippen molar-refractivity contribution in [2.45, 2.75) is 43.6 Å². The molecule has 0 amide bonds. The summed E-state index contributed by atoms with van der Waals surface area (Å²) in [4.78, 5) is 10.8. The van der Waals surface area contributed by atoms with Gasteiger partial charge in [0.25, 0.3) is 5.69 Å². The lowest BCUT2D eigenvalue weighted by molar-refractivity contribution is -0.384. The van der Waals surface area contributed by atoms with E-state index in [1.807, 2.05) is 6.92 Å². The average Bonchev–Trinajstić information content (AvgIpc) is 2.89. The van der Waals surface area contributed by atoms with Crippen LogP contribution in [-0.2, 0) is 14.8 Å². The number of benzene rings is 1. The van der Waals surface area contributed by atoms with E-state index in [1.165, 1.54) is 16.4 Å². The summed E-state index contributed by atoms with van der Waals surface area (Å²) in [6.45, 7) is 3.13. The summed E-state index contributed by atoms with van der Waals surface area (Å²) in [6, 6.07) is 4.01. The van der Waals surface area contributed by atoms with Crippen LogP contribution in [0.3, 0.4) is 0 Å². The summed E-state index contributed by atoms with van der Waals surface area (Å²) in [5.41, 5.74) is 0.0305. The molecule has 0 aliphatic carbocycles. The summed E-state index contributed by atoms with van der Waals surface area (Å²) in [5, 5.41) is 14.3. The van der Waals surface area contributed by atoms with Crippen molar-refractivity contribution in [3.05, 3.63) is 28.3 Å². The average molecular weight is 371 g/mol. The van der Waals surface area contributed by atoms with E-state index in [1.54, 1.807) is 7.11 Å². The lowest BCUT2D eigenvalue weighted by Gasteiger charge is -2.20. The van der Waals surface area contributed by atoms with Gasteiger partial charge in [-0.15, -0.1) is 0 Å². The molecular weight excluding hydrogens is 346 g/mol. The molecule has 1 aliphatic rings. The monoisotopic (exact) mass is 371 g/mol. The van der Waals surface area contributed by atoms with E-state index in [2.05, 4.69) is 5.32 Å². The molecule has 140 valence electrons. The molecule has 2 rings (SSSR count). The van der Waals surface area contributed by atoms with E-state index in [0.29, 0.717) is 19.6 Å². The SMILES string of the molecule is COC(C)CNc1ccc(S(=O)(=O)N2CCCCCC2)cc1[N+](=O)[O-]. The summed E-state index contributed by atoms with van der Waals surface area (Å²) in [6.07, 6.45) is 3.52. The van der Waals surface area contributed by atoms with E-state index in [9.17, 15) is 18.5 Å². The first-order valence-electron chi connectivity index (χ1n) is 8.41. The van der Waals surface area contributed by atoms with Crippen LogP contribution in [0.2, 0.25) is 0 Å². The van der Waals surface area contributed by atoms with Gasteiger partial charge in [-0.1, -0.05) is 12.8 Å². The van der Waals surface area contributed by atoms with Gasteiger partial charge in [-0.3, -0.25) is 10.1 Å². The second-order valence-corrected chi connectivity index (χ2v) is 8.12. The quantitative estimate of drug-likeness (QED) is 0.584. The summed E-state index contributed by atoms with van der Waals surface area (Å²) >= 11 is 0. The van der Waals surface area contributed by atoms with Gasteiger partial charge in [0.05, 0.1) is 15.9 Å². The van der Waals surface area contributed by atoms with Crippen molar-refractivity contribution in [1.82, 2.24) is 4.31 Å². The van der Waals surface area contributed by atoms with Crippen LogP contribution in [0.5, 0.6) is 0 Å². The highest BCUT2D eigenvalue weighted by molar-refractivity contribution is 7.89. The maximum absolute atomic E-state index is 12.8. The maximum Gasteiger partial charge on any atom is 0.293 e. The van der Waals surface area contributed by atoms with Gasteiger partial charge in [0.2, 0.25) is 10.0 Å². The molecule has 1 aromatic rings. The molecule has 0 spiro atoms. The molecule has 1 fully saturated rings. The molecule has 1 heterocycles. The number of methoxy groups -OCH3 is 1. The van der Waals surface area contributed by atoms with Crippen LogP contribution in [-0.4, -0.2) is 50.5 Å². The third kappa shape index (κ3) is 4.90. The molecule has 1 aliphatic heterocycles.